The van der Waals surface area contributed by atoms with Crippen LogP contribution in [0.4, 0.5) is 5.69 Å². The molecule has 2 aromatic carbocycles. The Morgan fingerprint density at radius 1 is 1.00 bits per heavy atom. The summed E-state index contributed by atoms with van der Waals surface area (Å²) in [5.74, 6) is -1.05. The van der Waals surface area contributed by atoms with Crippen LogP contribution in [0.15, 0.2) is 39.7 Å². The number of fused-ring (bicyclic) bond motifs is 2. The van der Waals surface area contributed by atoms with Gasteiger partial charge in [-0.1, -0.05) is 24.3 Å². The predicted octanol–water partition coefficient (Wildman–Crippen LogP) is 1.33. The number of carbonyl (C=O) groups excluding carboxylic acids is 2. The van der Waals surface area contributed by atoms with Crippen LogP contribution in [-0.4, -0.2) is 54.1 Å². The molecule has 2 aromatic rings. The van der Waals surface area contributed by atoms with Gasteiger partial charge in [-0.2, -0.15) is 0 Å². The van der Waals surface area contributed by atoms with Gasteiger partial charge < -0.3 is 10.3 Å². The van der Waals surface area contributed by atoms with Gasteiger partial charge in [0.25, 0.3) is 0 Å². The van der Waals surface area contributed by atoms with Crippen molar-refractivity contribution in [2.45, 2.75) is 4.90 Å². The molecule has 1 aliphatic rings. The van der Waals surface area contributed by atoms with E-state index in [4.69, 9.17) is 5.73 Å². The van der Waals surface area contributed by atoms with E-state index in [9.17, 15) is 22.6 Å². The van der Waals surface area contributed by atoms with Crippen LogP contribution in [-0.2, 0) is 10.1 Å². The number of hydrogen-bond acceptors (Lipinski definition) is 6. The van der Waals surface area contributed by atoms with E-state index in [1.807, 2.05) is 0 Å². The smallest absolute Gasteiger partial charge is 0.196 e. The van der Waals surface area contributed by atoms with E-state index in [1.165, 1.54) is 12.1 Å². The molecule has 0 unspecified atom stereocenters. The molecule has 0 heterocycles. The number of nitrogen functional groups attached to an aromatic ring is 1. The molecule has 0 amide bonds. The first kappa shape index (κ1) is 18.3. The van der Waals surface area contributed by atoms with E-state index in [0.29, 0.717) is 0 Å². The van der Waals surface area contributed by atoms with Gasteiger partial charge in [0.1, 0.15) is 10.1 Å². The van der Waals surface area contributed by atoms with Gasteiger partial charge in [0.15, 0.2) is 11.6 Å². The number of anilines is 1. The Morgan fingerprint density at radius 2 is 1.48 bits per heavy atom. The van der Waals surface area contributed by atoms with Crippen molar-refractivity contribution in [3.05, 3.63) is 57.1 Å². The zero-order chi connectivity index (χ0) is 16.2. The molecular weight excluding hydrogens is 397 g/mol. The third-order valence-corrected chi connectivity index (χ3v) is 4.92. The van der Waals surface area contributed by atoms with Crippen molar-refractivity contribution in [1.29, 1.82) is 0 Å². The number of halogens is 1. The van der Waals surface area contributed by atoms with Crippen LogP contribution in [0, 0.1) is 0 Å². The van der Waals surface area contributed by atoms with Crippen LogP contribution in [0.3, 0.4) is 0 Å². The molecule has 0 aromatic heterocycles. The molecule has 3 rings (SSSR count). The van der Waals surface area contributed by atoms with E-state index in [2.05, 4.69) is 15.9 Å². The fraction of sp³-hybridized carbons (Fsp3) is 0. The Morgan fingerprint density at radius 3 is 1.96 bits per heavy atom. The Balaban J connectivity index is 0.00000192. The van der Waals surface area contributed by atoms with Crippen molar-refractivity contribution in [3.63, 3.8) is 0 Å². The maximum Gasteiger partial charge on any atom is 0.196 e. The van der Waals surface area contributed by atoms with Crippen molar-refractivity contribution in [2.24, 2.45) is 0 Å². The van der Waals surface area contributed by atoms with Crippen molar-refractivity contribution < 1.29 is 22.6 Å². The summed E-state index contributed by atoms with van der Waals surface area (Å²) in [7, 11) is -4.88. The number of ketones is 2. The first-order valence-electron chi connectivity index (χ1n) is 5.99. The number of nitrogens with two attached hydrogens (primary N) is 1. The van der Waals surface area contributed by atoms with Crippen LogP contribution >= 0.6 is 15.9 Å². The monoisotopic (exact) mass is 403 g/mol. The molecule has 1 radical (unpaired) electrons. The largest absolute Gasteiger partial charge is 0.744 e. The minimum absolute atomic E-state index is 0. The third-order valence-electron chi connectivity index (χ3n) is 3.42. The standard InChI is InChI=1S/C14H8BrNO5S.Na/c15-8-5-9(22(19,20)21)12(16)11-10(8)13(17)6-3-1-2-4-7(6)14(11)18;/h1-5H,16H2,(H,19,20,21);/p-1. The molecule has 2 N–H and O–H groups in total. The molecule has 113 valence electrons. The minimum atomic E-state index is -4.88. The summed E-state index contributed by atoms with van der Waals surface area (Å²) in [6, 6.07) is 7.09. The predicted molar refractivity (Wildman–Crippen MR) is 85.6 cm³/mol. The van der Waals surface area contributed by atoms with E-state index >= 15 is 0 Å². The molecule has 1 aliphatic carbocycles. The molecule has 9 heteroatoms. The fourth-order valence-corrected chi connectivity index (χ4v) is 3.85. The summed E-state index contributed by atoms with van der Waals surface area (Å²) in [5.41, 5.74) is 5.24. The Hall–Kier alpha value is -1.03. The Labute approximate surface area is 162 Å². The average Bonchev–Trinajstić information content (AvgIpc) is 2.45. The molecular formula is C14H7BrNNaO5S-. The van der Waals surface area contributed by atoms with E-state index in [0.717, 1.165) is 6.07 Å². The van der Waals surface area contributed by atoms with Crippen LogP contribution in [0.25, 0.3) is 0 Å². The average molecular weight is 404 g/mol. The van der Waals surface area contributed by atoms with E-state index in [-0.39, 0.29) is 56.3 Å². The van der Waals surface area contributed by atoms with Gasteiger partial charge >= 0.3 is 0 Å². The molecule has 0 fully saturated rings. The first-order chi connectivity index (χ1) is 10.2. The zero-order valence-electron chi connectivity index (χ0n) is 11.8. The normalized spacial score (nSPS) is 13.1. The van der Waals surface area contributed by atoms with Crippen LogP contribution < -0.4 is 5.73 Å². The van der Waals surface area contributed by atoms with Crippen molar-refractivity contribution in [3.8, 4) is 0 Å². The summed E-state index contributed by atoms with van der Waals surface area (Å²) < 4.78 is 33.9. The minimum Gasteiger partial charge on any atom is -0.744 e. The third kappa shape index (κ3) is 2.79. The van der Waals surface area contributed by atoms with Gasteiger partial charge in [0.2, 0.25) is 0 Å². The number of benzene rings is 2. The quantitative estimate of drug-likeness (QED) is 0.372. The van der Waals surface area contributed by atoms with Gasteiger partial charge in [-0.3, -0.25) is 9.59 Å². The number of rotatable bonds is 1. The van der Waals surface area contributed by atoms with Crippen LogP contribution in [0.1, 0.15) is 31.8 Å². The summed E-state index contributed by atoms with van der Waals surface area (Å²) in [6.45, 7) is 0. The topological polar surface area (TPSA) is 117 Å². The summed E-state index contributed by atoms with van der Waals surface area (Å²) in [5, 5.41) is 0. The second kappa shape index (κ2) is 6.12. The zero-order valence-corrected chi connectivity index (χ0v) is 16.2. The summed E-state index contributed by atoms with van der Waals surface area (Å²) in [6.07, 6.45) is 0. The molecule has 0 atom stereocenters. The SMILES string of the molecule is Nc1c(S(=O)(=O)[O-])cc(Br)c2c1C(=O)c1ccccc1C2=O.[Na]. The Kier molecular flexibility index (Phi) is 4.87. The Bertz CT molecular complexity index is 971. The van der Waals surface area contributed by atoms with Gasteiger partial charge in [-0.25, -0.2) is 8.42 Å². The number of carbonyl (C=O) groups is 2. The maximum absolute atomic E-state index is 12.6. The van der Waals surface area contributed by atoms with Crippen molar-refractivity contribution in [1.82, 2.24) is 0 Å². The fourth-order valence-electron chi connectivity index (χ4n) is 2.46. The summed E-state index contributed by atoms with van der Waals surface area (Å²) >= 11 is 3.05. The second-order valence-corrected chi connectivity index (χ2v) is 6.88. The molecule has 0 aliphatic heterocycles. The van der Waals surface area contributed by atoms with Crippen LogP contribution in [0.2, 0.25) is 0 Å². The van der Waals surface area contributed by atoms with Crippen molar-refractivity contribution in [2.75, 3.05) is 5.73 Å². The van der Waals surface area contributed by atoms with Crippen LogP contribution in [0.5, 0.6) is 0 Å². The molecule has 0 saturated heterocycles. The van der Waals surface area contributed by atoms with E-state index < -0.39 is 32.3 Å². The molecule has 6 nitrogen and oxygen atoms in total. The second-order valence-electron chi connectivity index (χ2n) is 4.68. The van der Waals surface area contributed by atoms with Gasteiger partial charge in [-0.15, -0.1) is 0 Å². The van der Waals surface area contributed by atoms with E-state index in [1.54, 1.807) is 12.1 Å². The van der Waals surface area contributed by atoms with Gasteiger partial charge in [-0.05, 0) is 22.0 Å². The maximum atomic E-state index is 12.6. The van der Waals surface area contributed by atoms with Crippen molar-refractivity contribution >= 4 is 72.9 Å². The number of hydrogen-bond donors (Lipinski definition) is 1. The van der Waals surface area contributed by atoms with Gasteiger partial charge in [0.05, 0.1) is 21.7 Å². The van der Waals surface area contributed by atoms with Gasteiger partial charge in [0, 0.05) is 45.2 Å². The molecule has 0 spiro atoms. The molecule has 0 saturated carbocycles. The first-order valence-corrected chi connectivity index (χ1v) is 8.20. The molecule has 0 bridgehead atoms. The molecule has 23 heavy (non-hydrogen) atoms. The summed E-state index contributed by atoms with van der Waals surface area (Å²) in [4.78, 5) is 24.4.